The molecule has 0 bridgehead atoms. The molecule has 3 rings (SSSR count). The highest BCUT2D eigenvalue weighted by atomic mass is 16.6. The quantitative estimate of drug-likeness (QED) is 0.782. The number of para-hydroxylation sites is 2. The van der Waals surface area contributed by atoms with Gasteiger partial charge in [-0.1, -0.05) is 12.1 Å². The summed E-state index contributed by atoms with van der Waals surface area (Å²) in [5, 5.41) is 0. The molecule has 0 N–H and O–H groups in total. The van der Waals surface area contributed by atoms with Gasteiger partial charge < -0.3 is 9.47 Å². The minimum Gasteiger partial charge on any atom is -0.461 e. The van der Waals surface area contributed by atoms with Crippen LogP contribution in [-0.2, 0) is 16.0 Å². The molecule has 7 heteroatoms. The maximum atomic E-state index is 12.7. The lowest BCUT2D eigenvalue weighted by Crippen LogP contribution is -2.39. The summed E-state index contributed by atoms with van der Waals surface area (Å²) in [6, 6.07) is 7.42. The first-order chi connectivity index (χ1) is 11.8. The molecule has 1 amide bonds. The van der Waals surface area contributed by atoms with Crippen LogP contribution in [0.2, 0.25) is 0 Å². The number of esters is 1. The molecular weight excluding hydrogens is 322 g/mol. The predicted octanol–water partition coefficient (Wildman–Crippen LogP) is 3.30. The molecule has 0 saturated carbocycles. The van der Waals surface area contributed by atoms with Crippen LogP contribution in [0.25, 0.3) is 5.69 Å². The summed E-state index contributed by atoms with van der Waals surface area (Å²) >= 11 is 0. The molecule has 2 aromatic rings. The molecule has 7 nitrogen and oxygen atoms in total. The van der Waals surface area contributed by atoms with E-state index in [9.17, 15) is 9.59 Å². The second-order valence-corrected chi connectivity index (χ2v) is 6.69. The van der Waals surface area contributed by atoms with Crippen molar-refractivity contribution < 1.29 is 19.1 Å². The van der Waals surface area contributed by atoms with Crippen LogP contribution in [0.5, 0.6) is 0 Å². The molecule has 0 fully saturated rings. The molecule has 0 radical (unpaired) electrons. The number of carbonyl (C=O) groups excluding carboxylic acids is 2. The SMILES string of the molecule is CCOC(=O)c1ncn2c1CN(C(=O)OC(C)(C)C)c1ccccc1-2. The summed E-state index contributed by atoms with van der Waals surface area (Å²) in [6.45, 7) is 7.62. The van der Waals surface area contributed by atoms with Crippen molar-refractivity contribution in [2.75, 3.05) is 11.5 Å². The molecule has 0 saturated heterocycles. The highest BCUT2D eigenvalue weighted by Crippen LogP contribution is 2.34. The molecule has 1 aliphatic heterocycles. The van der Waals surface area contributed by atoms with E-state index in [-0.39, 0.29) is 18.8 Å². The Morgan fingerprint density at radius 2 is 1.88 bits per heavy atom. The van der Waals surface area contributed by atoms with Crippen LogP contribution in [0, 0.1) is 0 Å². The Morgan fingerprint density at radius 1 is 1.20 bits per heavy atom. The van der Waals surface area contributed by atoms with Gasteiger partial charge in [0, 0.05) is 0 Å². The van der Waals surface area contributed by atoms with Gasteiger partial charge in [0.2, 0.25) is 0 Å². The number of hydrogen-bond acceptors (Lipinski definition) is 5. The average Bonchev–Trinajstić information content (AvgIpc) is 2.97. The van der Waals surface area contributed by atoms with Crippen LogP contribution in [-0.4, -0.2) is 33.8 Å². The van der Waals surface area contributed by atoms with E-state index in [4.69, 9.17) is 9.47 Å². The number of ether oxygens (including phenoxy) is 2. The number of benzene rings is 1. The number of anilines is 1. The molecular formula is C18H21N3O4. The molecule has 1 aromatic carbocycles. The lowest BCUT2D eigenvalue weighted by molar-refractivity contribution is 0.0512. The lowest BCUT2D eigenvalue weighted by Gasteiger charge is -2.32. The van der Waals surface area contributed by atoms with E-state index in [2.05, 4.69) is 4.98 Å². The zero-order chi connectivity index (χ0) is 18.2. The number of rotatable bonds is 2. The fraction of sp³-hybridized carbons (Fsp3) is 0.389. The number of carbonyl (C=O) groups is 2. The zero-order valence-electron chi connectivity index (χ0n) is 14.8. The Kier molecular flexibility index (Phi) is 4.24. The standard InChI is InChI=1S/C18H21N3O4/c1-5-24-16(22)15-14-10-20(17(23)25-18(2,3)4)12-8-6-7-9-13(12)21(14)11-19-15/h6-9,11H,5,10H2,1-4H3. The van der Waals surface area contributed by atoms with Crippen molar-refractivity contribution in [1.29, 1.82) is 0 Å². The van der Waals surface area contributed by atoms with Gasteiger partial charge in [-0.2, -0.15) is 0 Å². The lowest BCUT2D eigenvalue weighted by atomic mass is 10.1. The first-order valence-corrected chi connectivity index (χ1v) is 8.15. The maximum Gasteiger partial charge on any atom is 0.415 e. The minimum absolute atomic E-state index is 0.181. The maximum absolute atomic E-state index is 12.7. The van der Waals surface area contributed by atoms with Gasteiger partial charge in [0.15, 0.2) is 5.69 Å². The molecule has 1 aliphatic rings. The van der Waals surface area contributed by atoms with Gasteiger partial charge in [0.05, 0.1) is 30.2 Å². The van der Waals surface area contributed by atoms with Gasteiger partial charge in [-0.25, -0.2) is 14.6 Å². The van der Waals surface area contributed by atoms with E-state index in [1.165, 1.54) is 4.90 Å². The molecule has 0 unspecified atom stereocenters. The van der Waals surface area contributed by atoms with Crippen LogP contribution >= 0.6 is 0 Å². The van der Waals surface area contributed by atoms with Gasteiger partial charge in [-0.3, -0.25) is 9.47 Å². The molecule has 0 atom stereocenters. The van der Waals surface area contributed by atoms with Crippen molar-refractivity contribution in [3.05, 3.63) is 42.0 Å². The van der Waals surface area contributed by atoms with Gasteiger partial charge in [-0.05, 0) is 39.8 Å². The third-order valence-corrected chi connectivity index (χ3v) is 3.69. The van der Waals surface area contributed by atoms with Gasteiger partial charge >= 0.3 is 12.1 Å². The Bertz CT molecular complexity index is 820. The van der Waals surface area contributed by atoms with Crippen LogP contribution < -0.4 is 4.90 Å². The molecule has 132 valence electrons. The Hall–Kier alpha value is -2.83. The van der Waals surface area contributed by atoms with E-state index in [1.807, 2.05) is 49.6 Å². The molecule has 25 heavy (non-hydrogen) atoms. The fourth-order valence-corrected chi connectivity index (χ4v) is 2.71. The smallest absolute Gasteiger partial charge is 0.415 e. The second-order valence-electron chi connectivity index (χ2n) is 6.69. The minimum atomic E-state index is -0.617. The van der Waals surface area contributed by atoms with E-state index in [0.29, 0.717) is 11.4 Å². The second kappa shape index (κ2) is 6.23. The largest absolute Gasteiger partial charge is 0.461 e. The summed E-state index contributed by atoms with van der Waals surface area (Å²) in [6.07, 6.45) is 1.11. The van der Waals surface area contributed by atoms with E-state index in [1.54, 1.807) is 13.3 Å². The summed E-state index contributed by atoms with van der Waals surface area (Å²) in [5.74, 6) is -0.500. The first kappa shape index (κ1) is 17.0. The Morgan fingerprint density at radius 3 is 2.52 bits per heavy atom. The number of aromatic nitrogens is 2. The van der Waals surface area contributed by atoms with E-state index >= 15 is 0 Å². The van der Waals surface area contributed by atoms with E-state index in [0.717, 1.165) is 5.69 Å². The number of fused-ring (bicyclic) bond motifs is 3. The average molecular weight is 343 g/mol. The summed E-state index contributed by atoms with van der Waals surface area (Å²) in [5.41, 5.74) is 1.66. The number of imidazole rings is 1. The normalized spacial score (nSPS) is 13.0. The molecule has 1 aromatic heterocycles. The van der Waals surface area contributed by atoms with Crippen LogP contribution in [0.1, 0.15) is 43.9 Å². The topological polar surface area (TPSA) is 73.7 Å². The molecule has 0 spiro atoms. The predicted molar refractivity (Wildman–Crippen MR) is 91.9 cm³/mol. The molecule has 2 heterocycles. The van der Waals surface area contributed by atoms with Crippen molar-refractivity contribution in [2.45, 2.75) is 39.8 Å². The van der Waals surface area contributed by atoms with Gasteiger partial charge in [0.25, 0.3) is 0 Å². The zero-order valence-corrected chi connectivity index (χ0v) is 14.8. The van der Waals surface area contributed by atoms with Crippen molar-refractivity contribution in [1.82, 2.24) is 9.55 Å². The highest BCUT2D eigenvalue weighted by Gasteiger charge is 2.33. The van der Waals surface area contributed by atoms with Gasteiger partial charge in [0.1, 0.15) is 11.9 Å². The van der Waals surface area contributed by atoms with E-state index < -0.39 is 17.7 Å². The summed E-state index contributed by atoms with van der Waals surface area (Å²) < 4.78 is 12.4. The summed E-state index contributed by atoms with van der Waals surface area (Å²) in [7, 11) is 0. The molecule has 0 aliphatic carbocycles. The third-order valence-electron chi connectivity index (χ3n) is 3.69. The van der Waals surface area contributed by atoms with Crippen molar-refractivity contribution in [2.24, 2.45) is 0 Å². The van der Waals surface area contributed by atoms with Crippen LogP contribution in [0.4, 0.5) is 10.5 Å². The Labute approximate surface area is 146 Å². The fourth-order valence-electron chi connectivity index (χ4n) is 2.71. The highest BCUT2D eigenvalue weighted by molar-refractivity contribution is 5.94. The monoisotopic (exact) mass is 343 g/mol. The number of amides is 1. The van der Waals surface area contributed by atoms with Crippen LogP contribution in [0.15, 0.2) is 30.6 Å². The summed E-state index contributed by atoms with van der Waals surface area (Å²) in [4.78, 5) is 30.5. The van der Waals surface area contributed by atoms with Gasteiger partial charge in [-0.15, -0.1) is 0 Å². The number of nitrogens with zero attached hydrogens (tertiary/aromatic N) is 3. The van der Waals surface area contributed by atoms with Crippen molar-refractivity contribution in [3.8, 4) is 5.69 Å². The Balaban J connectivity index is 2.05. The first-order valence-electron chi connectivity index (χ1n) is 8.15. The van der Waals surface area contributed by atoms with Crippen molar-refractivity contribution >= 4 is 17.7 Å². The number of hydrogen-bond donors (Lipinski definition) is 0. The van der Waals surface area contributed by atoms with Crippen LogP contribution in [0.3, 0.4) is 0 Å². The van der Waals surface area contributed by atoms with Crippen molar-refractivity contribution in [3.63, 3.8) is 0 Å². The third kappa shape index (κ3) is 3.22.